The molecule has 1 fully saturated rings. The zero-order chi connectivity index (χ0) is 9.73. The molecule has 0 aromatic rings. The van der Waals surface area contributed by atoms with Crippen LogP contribution in [0.3, 0.4) is 0 Å². The molecule has 0 amide bonds. The van der Waals surface area contributed by atoms with E-state index in [1.54, 1.807) is 0 Å². The molecule has 2 heteroatoms. The van der Waals surface area contributed by atoms with Crippen LogP contribution in [0.15, 0.2) is 12.2 Å². The molecule has 1 aliphatic heterocycles. The van der Waals surface area contributed by atoms with Crippen LogP contribution in [0.5, 0.6) is 0 Å². The van der Waals surface area contributed by atoms with Gasteiger partial charge >= 0.3 is 0 Å². The summed E-state index contributed by atoms with van der Waals surface area (Å²) in [6, 6.07) is 0. The molecule has 0 N–H and O–H groups in total. The molecule has 1 saturated heterocycles. The van der Waals surface area contributed by atoms with Gasteiger partial charge in [-0.05, 0) is 25.7 Å². The second kappa shape index (κ2) is 4.56. The molecule has 1 aliphatic rings. The lowest BCUT2D eigenvalue weighted by molar-refractivity contribution is -0.137. The van der Waals surface area contributed by atoms with Crippen LogP contribution in [-0.4, -0.2) is 18.5 Å². The third kappa shape index (κ3) is 2.66. The van der Waals surface area contributed by atoms with E-state index in [-0.39, 0.29) is 0 Å². The van der Waals surface area contributed by atoms with Gasteiger partial charge in [-0.2, -0.15) is 0 Å². The molecule has 0 radical (unpaired) electrons. The van der Waals surface area contributed by atoms with Crippen LogP contribution in [0.25, 0.3) is 0 Å². The van der Waals surface area contributed by atoms with Gasteiger partial charge in [-0.3, -0.25) is 0 Å². The zero-order valence-corrected chi connectivity index (χ0v) is 8.34. The molecule has 1 heterocycles. The van der Waals surface area contributed by atoms with Gasteiger partial charge in [0.05, 0.1) is 0 Å². The van der Waals surface area contributed by atoms with Gasteiger partial charge in [-0.15, -0.1) is 0 Å². The highest BCUT2D eigenvalue weighted by Crippen LogP contribution is 2.29. The van der Waals surface area contributed by atoms with Gasteiger partial charge in [0.2, 0.25) is 0 Å². The summed E-state index contributed by atoms with van der Waals surface area (Å²) < 4.78 is 5.56. The maximum atomic E-state index is 11.0. The quantitative estimate of drug-likeness (QED) is 0.493. The van der Waals surface area contributed by atoms with Crippen molar-refractivity contribution >= 4 is 6.29 Å². The Balaban J connectivity index is 2.57. The van der Waals surface area contributed by atoms with E-state index < -0.39 is 5.60 Å². The summed E-state index contributed by atoms with van der Waals surface area (Å²) in [5, 5.41) is 0. The van der Waals surface area contributed by atoms with E-state index in [4.69, 9.17) is 4.74 Å². The summed E-state index contributed by atoms with van der Waals surface area (Å²) in [5.41, 5.74) is 0.569. The first kappa shape index (κ1) is 10.5. The number of ether oxygens (including phenoxy) is 1. The summed E-state index contributed by atoms with van der Waals surface area (Å²) in [4.78, 5) is 11.0. The molecular formula is C11H18O2. The average molecular weight is 182 g/mol. The van der Waals surface area contributed by atoms with Crippen molar-refractivity contribution in [1.82, 2.24) is 0 Å². The summed E-state index contributed by atoms with van der Waals surface area (Å²) >= 11 is 0. The van der Waals surface area contributed by atoms with Gasteiger partial charge in [-0.1, -0.05) is 19.1 Å². The molecule has 1 unspecified atom stereocenters. The molecule has 0 aromatic heterocycles. The molecule has 74 valence electrons. The fourth-order valence-electron chi connectivity index (χ4n) is 1.70. The molecule has 0 aromatic carbocycles. The van der Waals surface area contributed by atoms with Crippen LogP contribution in [0, 0.1) is 0 Å². The molecule has 1 rings (SSSR count). The molecule has 13 heavy (non-hydrogen) atoms. The van der Waals surface area contributed by atoms with Crippen LogP contribution in [-0.2, 0) is 9.53 Å². The number of carbonyl (C=O) groups is 1. The first-order valence-electron chi connectivity index (χ1n) is 4.99. The minimum atomic E-state index is -0.536. The number of hydrogen-bond acceptors (Lipinski definition) is 2. The van der Waals surface area contributed by atoms with E-state index in [9.17, 15) is 4.79 Å². The maximum absolute atomic E-state index is 11.0. The SMILES string of the molecule is C=C(CC)CC1(C=O)CCCCO1. The predicted molar refractivity (Wildman–Crippen MR) is 52.6 cm³/mol. The maximum Gasteiger partial charge on any atom is 0.152 e. The Morgan fingerprint density at radius 1 is 1.62 bits per heavy atom. The fourth-order valence-corrected chi connectivity index (χ4v) is 1.70. The van der Waals surface area contributed by atoms with Gasteiger partial charge in [0.1, 0.15) is 5.60 Å². The van der Waals surface area contributed by atoms with Gasteiger partial charge in [0.15, 0.2) is 6.29 Å². The van der Waals surface area contributed by atoms with Crippen LogP contribution in [0.1, 0.15) is 39.0 Å². The van der Waals surface area contributed by atoms with Crippen molar-refractivity contribution in [3.8, 4) is 0 Å². The fraction of sp³-hybridized carbons (Fsp3) is 0.727. The first-order chi connectivity index (χ1) is 6.22. The third-order valence-electron chi connectivity index (χ3n) is 2.65. The Morgan fingerprint density at radius 2 is 2.38 bits per heavy atom. The number of hydrogen-bond donors (Lipinski definition) is 0. The Kier molecular flexibility index (Phi) is 3.67. The lowest BCUT2D eigenvalue weighted by Crippen LogP contribution is -2.38. The largest absolute Gasteiger partial charge is 0.367 e. The lowest BCUT2D eigenvalue weighted by Gasteiger charge is -2.32. The number of aldehydes is 1. The van der Waals surface area contributed by atoms with Crippen molar-refractivity contribution in [3.05, 3.63) is 12.2 Å². The molecular weight excluding hydrogens is 164 g/mol. The van der Waals surface area contributed by atoms with Gasteiger partial charge in [-0.25, -0.2) is 0 Å². The highest BCUT2D eigenvalue weighted by molar-refractivity contribution is 5.63. The second-order valence-electron chi connectivity index (χ2n) is 3.77. The molecule has 0 saturated carbocycles. The van der Waals surface area contributed by atoms with Crippen molar-refractivity contribution in [2.24, 2.45) is 0 Å². The van der Waals surface area contributed by atoms with Crippen molar-refractivity contribution in [3.63, 3.8) is 0 Å². The van der Waals surface area contributed by atoms with E-state index in [2.05, 4.69) is 13.5 Å². The lowest BCUT2D eigenvalue weighted by atomic mass is 9.88. The van der Waals surface area contributed by atoms with Crippen molar-refractivity contribution in [2.45, 2.75) is 44.6 Å². The van der Waals surface area contributed by atoms with Crippen LogP contribution in [0.2, 0.25) is 0 Å². The van der Waals surface area contributed by atoms with Crippen molar-refractivity contribution < 1.29 is 9.53 Å². The molecule has 0 spiro atoms. The highest BCUT2D eigenvalue weighted by atomic mass is 16.5. The van der Waals surface area contributed by atoms with E-state index >= 15 is 0 Å². The Bertz CT molecular complexity index is 190. The van der Waals surface area contributed by atoms with Gasteiger partial charge in [0, 0.05) is 13.0 Å². The number of carbonyl (C=O) groups excluding carboxylic acids is 1. The Labute approximate surface area is 80.0 Å². The summed E-state index contributed by atoms with van der Waals surface area (Å²) in [7, 11) is 0. The Morgan fingerprint density at radius 3 is 2.85 bits per heavy atom. The van der Waals surface area contributed by atoms with E-state index in [0.29, 0.717) is 6.42 Å². The second-order valence-corrected chi connectivity index (χ2v) is 3.77. The molecule has 0 bridgehead atoms. The van der Waals surface area contributed by atoms with Crippen molar-refractivity contribution in [1.29, 1.82) is 0 Å². The summed E-state index contributed by atoms with van der Waals surface area (Å²) in [6.07, 6.45) is 5.62. The monoisotopic (exact) mass is 182 g/mol. The third-order valence-corrected chi connectivity index (χ3v) is 2.65. The topological polar surface area (TPSA) is 26.3 Å². The van der Waals surface area contributed by atoms with E-state index in [1.807, 2.05) is 0 Å². The van der Waals surface area contributed by atoms with Gasteiger partial charge in [0.25, 0.3) is 0 Å². The highest BCUT2D eigenvalue weighted by Gasteiger charge is 2.32. The summed E-state index contributed by atoms with van der Waals surface area (Å²) in [5.74, 6) is 0. The summed E-state index contributed by atoms with van der Waals surface area (Å²) in [6.45, 7) is 6.70. The van der Waals surface area contributed by atoms with Crippen molar-refractivity contribution in [2.75, 3.05) is 6.61 Å². The van der Waals surface area contributed by atoms with Gasteiger partial charge < -0.3 is 9.53 Å². The molecule has 2 nitrogen and oxygen atoms in total. The van der Waals surface area contributed by atoms with E-state index in [0.717, 1.165) is 44.1 Å². The average Bonchev–Trinajstić information content (AvgIpc) is 2.19. The minimum Gasteiger partial charge on any atom is -0.367 e. The van der Waals surface area contributed by atoms with Crippen LogP contribution in [0.4, 0.5) is 0 Å². The standard InChI is InChI=1S/C11H18O2/c1-3-10(2)8-11(9-12)6-4-5-7-13-11/h9H,2-8H2,1H3. The predicted octanol–water partition coefficient (Wildman–Crippen LogP) is 2.48. The van der Waals surface area contributed by atoms with Crippen LogP contribution < -0.4 is 0 Å². The molecule has 0 aliphatic carbocycles. The first-order valence-corrected chi connectivity index (χ1v) is 4.99. The number of rotatable bonds is 4. The molecule has 1 atom stereocenters. The zero-order valence-electron chi connectivity index (χ0n) is 8.34. The smallest absolute Gasteiger partial charge is 0.152 e. The normalized spacial score (nSPS) is 28.4. The van der Waals surface area contributed by atoms with E-state index in [1.165, 1.54) is 0 Å². The van der Waals surface area contributed by atoms with Crippen LogP contribution >= 0.6 is 0 Å². The Hall–Kier alpha value is -0.630. The minimum absolute atomic E-state index is 0.536.